The minimum atomic E-state index is -0.623. The molecule has 0 radical (unpaired) electrons. The summed E-state index contributed by atoms with van der Waals surface area (Å²) in [5.74, 6) is -0.183. The van der Waals surface area contributed by atoms with E-state index in [1.807, 2.05) is 23.1 Å². The van der Waals surface area contributed by atoms with Crippen LogP contribution in [0.15, 0.2) is 48.8 Å². The number of carbonyl (C=O) groups is 2. The number of hydrogen-bond donors (Lipinski definition) is 2. The molecule has 3 aromatic rings. The van der Waals surface area contributed by atoms with Crippen LogP contribution in [0.2, 0.25) is 0 Å². The summed E-state index contributed by atoms with van der Waals surface area (Å²) >= 11 is 0. The summed E-state index contributed by atoms with van der Waals surface area (Å²) in [6.45, 7) is 1.67. The maximum absolute atomic E-state index is 13.7. The Morgan fingerprint density at radius 1 is 1.09 bits per heavy atom. The van der Waals surface area contributed by atoms with Crippen LogP contribution >= 0.6 is 0 Å². The molecule has 0 spiro atoms. The number of nitrogens with one attached hydrogen (secondary N) is 1. The lowest BCUT2D eigenvalue weighted by Crippen LogP contribution is -2.41. The number of nitrogens with zero attached hydrogens (tertiary/aromatic N) is 3. The Morgan fingerprint density at radius 3 is 2.73 bits per heavy atom. The SMILES string of the molecule is O=C(NO)c1ccc2c(c1)OCC(c1cccc3nccnc13)N(C(=O)C1CCOCC1)C2. The third-order valence-corrected chi connectivity index (χ3v) is 6.29. The van der Waals surface area contributed by atoms with Crippen molar-refractivity contribution >= 4 is 22.8 Å². The zero-order valence-corrected chi connectivity index (χ0v) is 17.9. The highest BCUT2D eigenvalue weighted by Gasteiger charge is 2.35. The van der Waals surface area contributed by atoms with Gasteiger partial charge in [0, 0.05) is 48.2 Å². The van der Waals surface area contributed by atoms with Crippen molar-refractivity contribution < 1.29 is 24.3 Å². The summed E-state index contributed by atoms with van der Waals surface area (Å²) in [4.78, 5) is 36.4. The van der Waals surface area contributed by atoms with Crippen molar-refractivity contribution in [2.75, 3.05) is 19.8 Å². The second-order valence-corrected chi connectivity index (χ2v) is 8.21. The van der Waals surface area contributed by atoms with Crippen LogP contribution in [0.3, 0.4) is 0 Å². The monoisotopic (exact) mass is 448 g/mol. The van der Waals surface area contributed by atoms with Crippen LogP contribution in [0.4, 0.5) is 0 Å². The van der Waals surface area contributed by atoms with Gasteiger partial charge in [-0.15, -0.1) is 0 Å². The van der Waals surface area contributed by atoms with Crippen LogP contribution in [0.1, 0.15) is 40.4 Å². The van der Waals surface area contributed by atoms with Crippen LogP contribution in [0.5, 0.6) is 5.75 Å². The number of amides is 2. The first-order valence-electron chi connectivity index (χ1n) is 10.9. The number of hydrogen-bond acceptors (Lipinski definition) is 7. The molecule has 2 amide bonds. The molecule has 2 aromatic carbocycles. The van der Waals surface area contributed by atoms with E-state index in [-0.39, 0.29) is 30.0 Å². The Morgan fingerprint density at radius 2 is 1.91 bits per heavy atom. The summed E-state index contributed by atoms with van der Waals surface area (Å²) < 4.78 is 11.6. The fourth-order valence-electron chi connectivity index (χ4n) is 4.53. The van der Waals surface area contributed by atoms with Gasteiger partial charge >= 0.3 is 0 Å². The van der Waals surface area contributed by atoms with Crippen LogP contribution in [-0.2, 0) is 16.1 Å². The number of hydroxylamine groups is 1. The Hall–Kier alpha value is -3.56. The van der Waals surface area contributed by atoms with E-state index in [1.165, 1.54) is 0 Å². The molecule has 0 aliphatic carbocycles. The van der Waals surface area contributed by atoms with Gasteiger partial charge in [-0.25, -0.2) is 5.48 Å². The summed E-state index contributed by atoms with van der Waals surface area (Å²) in [7, 11) is 0. The number of para-hydroxylation sites is 1. The summed E-state index contributed by atoms with van der Waals surface area (Å²) in [6, 6.07) is 10.3. The first-order chi connectivity index (χ1) is 16.2. The molecule has 5 rings (SSSR count). The lowest BCUT2D eigenvalue weighted by Gasteiger charge is -2.34. The molecule has 1 atom stereocenters. The Kier molecular flexibility index (Phi) is 5.89. The van der Waals surface area contributed by atoms with E-state index in [0.29, 0.717) is 38.3 Å². The van der Waals surface area contributed by atoms with Gasteiger partial charge in [-0.2, -0.15) is 0 Å². The number of benzene rings is 2. The van der Waals surface area contributed by atoms with E-state index in [0.717, 1.165) is 22.2 Å². The molecular weight excluding hydrogens is 424 g/mol. The number of ether oxygens (including phenoxy) is 2. The molecule has 1 aromatic heterocycles. The highest BCUT2D eigenvalue weighted by Crippen LogP contribution is 2.36. The molecule has 0 saturated carbocycles. The first-order valence-corrected chi connectivity index (χ1v) is 10.9. The highest BCUT2D eigenvalue weighted by atomic mass is 16.5. The molecule has 1 unspecified atom stereocenters. The molecule has 9 heteroatoms. The Labute approximate surface area is 190 Å². The van der Waals surface area contributed by atoms with E-state index in [4.69, 9.17) is 14.7 Å². The Balaban J connectivity index is 1.57. The van der Waals surface area contributed by atoms with Gasteiger partial charge in [-0.3, -0.25) is 24.8 Å². The maximum atomic E-state index is 13.7. The molecule has 1 fully saturated rings. The van der Waals surface area contributed by atoms with Crippen molar-refractivity contribution in [3.63, 3.8) is 0 Å². The number of aromatic nitrogens is 2. The molecule has 0 bridgehead atoms. The van der Waals surface area contributed by atoms with Crippen LogP contribution in [0, 0.1) is 5.92 Å². The quantitative estimate of drug-likeness (QED) is 0.468. The summed E-state index contributed by atoms with van der Waals surface area (Å²) in [5, 5.41) is 8.98. The highest BCUT2D eigenvalue weighted by molar-refractivity contribution is 5.94. The van der Waals surface area contributed by atoms with Crippen molar-refractivity contribution in [2.45, 2.75) is 25.4 Å². The topological polar surface area (TPSA) is 114 Å². The lowest BCUT2D eigenvalue weighted by atomic mass is 9.95. The normalized spacial score (nSPS) is 18.8. The van der Waals surface area contributed by atoms with E-state index in [9.17, 15) is 9.59 Å². The van der Waals surface area contributed by atoms with Crippen molar-refractivity contribution in [2.24, 2.45) is 5.92 Å². The largest absolute Gasteiger partial charge is 0.491 e. The Bertz CT molecular complexity index is 1190. The number of rotatable bonds is 3. The van der Waals surface area contributed by atoms with Gasteiger partial charge in [-0.1, -0.05) is 18.2 Å². The average Bonchev–Trinajstić information content (AvgIpc) is 3.07. The molecule has 3 heterocycles. The smallest absolute Gasteiger partial charge is 0.274 e. The van der Waals surface area contributed by atoms with E-state index in [2.05, 4.69) is 9.97 Å². The second kappa shape index (κ2) is 9.13. The van der Waals surface area contributed by atoms with Gasteiger partial charge in [0.15, 0.2) is 0 Å². The van der Waals surface area contributed by atoms with Gasteiger partial charge in [0.25, 0.3) is 5.91 Å². The minimum Gasteiger partial charge on any atom is -0.491 e. The van der Waals surface area contributed by atoms with Crippen LogP contribution in [-0.4, -0.2) is 51.7 Å². The van der Waals surface area contributed by atoms with Crippen LogP contribution in [0.25, 0.3) is 11.0 Å². The third-order valence-electron chi connectivity index (χ3n) is 6.29. The number of fused-ring (bicyclic) bond motifs is 2. The van der Waals surface area contributed by atoms with E-state index in [1.54, 1.807) is 36.1 Å². The summed E-state index contributed by atoms with van der Waals surface area (Å²) in [6.07, 6.45) is 4.65. The molecule has 33 heavy (non-hydrogen) atoms. The predicted octanol–water partition coefficient (Wildman–Crippen LogP) is 2.64. The van der Waals surface area contributed by atoms with E-state index >= 15 is 0 Å². The minimum absolute atomic E-state index is 0.0535. The van der Waals surface area contributed by atoms with E-state index < -0.39 is 5.91 Å². The van der Waals surface area contributed by atoms with Gasteiger partial charge in [-0.05, 0) is 31.0 Å². The molecule has 2 N–H and O–H groups in total. The van der Waals surface area contributed by atoms with Gasteiger partial charge in [0.1, 0.15) is 12.4 Å². The van der Waals surface area contributed by atoms with Crippen molar-refractivity contribution in [1.29, 1.82) is 0 Å². The first kappa shape index (κ1) is 21.3. The molecule has 9 nitrogen and oxygen atoms in total. The van der Waals surface area contributed by atoms with Gasteiger partial charge in [0.2, 0.25) is 5.91 Å². The fraction of sp³-hybridized carbons (Fsp3) is 0.333. The molecule has 2 aliphatic heterocycles. The van der Waals surface area contributed by atoms with Crippen molar-refractivity contribution in [1.82, 2.24) is 20.3 Å². The lowest BCUT2D eigenvalue weighted by molar-refractivity contribution is -0.142. The third kappa shape index (κ3) is 4.12. The van der Waals surface area contributed by atoms with Gasteiger partial charge < -0.3 is 14.4 Å². The zero-order chi connectivity index (χ0) is 22.8. The maximum Gasteiger partial charge on any atom is 0.274 e. The molecular formula is C24H24N4O5. The molecule has 170 valence electrons. The molecule has 2 aliphatic rings. The van der Waals surface area contributed by atoms with Crippen molar-refractivity contribution in [3.05, 3.63) is 65.5 Å². The predicted molar refractivity (Wildman–Crippen MR) is 118 cm³/mol. The standard InChI is InChI=1S/C24H24N4O5/c29-23(27-31)16-4-5-17-13-28(24(30)15-6-10-32-11-7-15)20(14-33-21(17)12-16)18-2-1-3-19-22(18)26-9-8-25-19/h1-5,8-9,12,15,20,31H,6-7,10-11,13-14H2,(H,27,29). The van der Waals surface area contributed by atoms with Crippen molar-refractivity contribution in [3.8, 4) is 5.75 Å². The number of carbonyl (C=O) groups excluding carboxylic acids is 2. The van der Waals surface area contributed by atoms with Gasteiger partial charge in [0.05, 0.1) is 23.6 Å². The molecule has 1 saturated heterocycles. The summed E-state index contributed by atoms with van der Waals surface area (Å²) in [5.41, 5.74) is 5.04. The zero-order valence-electron chi connectivity index (χ0n) is 17.9. The van der Waals surface area contributed by atoms with Crippen LogP contribution < -0.4 is 10.2 Å². The average molecular weight is 448 g/mol. The fourth-order valence-corrected chi connectivity index (χ4v) is 4.53. The second-order valence-electron chi connectivity index (χ2n) is 8.21.